The molecule has 0 radical (unpaired) electrons. The third-order valence-electron chi connectivity index (χ3n) is 4.95. The molecule has 1 aromatic heterocycles. The topological polar surface area (TPSA) is 81.1 Å². The Hall–Kier alpha value is -2.54. The van der Waals surface area contributed by atoms with Gasteiger partial charge in [0.25, 0.3) is 0 Å². The minimum Gasteiger partial charge on any atom is -0.506 e. The molecule has 1 N–H and O–H groups in total. The van der Waals surface area contributed by atoms with Gasteiger partial charge in [-0.1, -0.05) is 6.42 Å². The van der Waals surface area contributed by atoms with Gasteiger partial charge in [0, 0.05) is 24.2 Å². The van der Waals surface area contributed by atoms with Crippen molar-refractivity contribution < 1.29 is 24.1 Å². The summed E-state index contributed by atoms with van der Waals surface area (Å²) < 4.78 is 16.3. The van der Waals surface area contributed by atoms with E-state index in [0.717, 1.165) is 13.0 Å². The van der Waals surface area contributed by atoms with E-state index in [1.54, 1.807) is 26.2 Å². The molecule has 3 rings (SSSR count). The van der Waals surface area contributed by atoms with Crippen LogP contribution in [0.2, 0.25) is 0 Å². The number of esters is 1. The minimum absolute atomic E-state index is 0.0339. The van der Waals surface area contributed by atoms with Crippen molar-refractivity contribution in [3.05, 3.63) is 23.9 Å². The van der Waals surface area contributed by atoms with Crippen molar-refractivity contribution in [1.82, 2.24) is 9.88 Å². The van der Waals surface area contributed by atoms with Crippen LogP contribution in [0.15, 0.2) is 18.3 Å². The Morgan fingerprint density at radius 2 is 2.00 bits per heavy atom. The number of aromatic nitrogens is 1. The molecule has 2 heterocycles. The maximum absolute atomic E-state index is 12.0. The van der Waals surface area contributed by atoms with Gasteiger partial charge < -0.3 is 24.2 Å². The first kappa shape index (κ1) is 20.2. The smallest absolute Gasteiger partial charge is 0.343 e. The maximum atomic E-state index is 12.0. The minimum atomic E-state index is -0.605. The summed E-state index contributed by atoms with van der Waals surface area (Å²) in [6.07, 6.45) is 6.15. The summed E-state index contributed by atoms with van der Waals surface area (Å²) in [6.45, 7) is 5.88. The highest BCUT2D eigenvalue weighted by molar-refractivity contribution is 6.00. The lowest BCUT2D eigenvalue weighted by molar-refractivity contribution is 0.0523. The van der Waals surface area contributed by atoms with Gasteiger partial charge in [0.2, 0.25) is 0 Å². The average Bonchev–Trinajstić information content (AvgIpc) is 2.72. The number of pyridine rings is 1. The van der Waals surface area contributed by atoms with E-state index in [1.165, 1.54) is 38.5 Å². The summed E-state index contributed by atoms with van der Waals surface area (Å²) in [4.78, 5) is 18.7. The number of hydrogen-bond acceptors (Lipinski definition) is 7. The lowest BCUT2D eigenvalue weighted by atomic mass is 10.1. The number of hydrogen-bond donors (Lipinski definition) is 1. The second-order valence-corrected chi connectivity index (χ2v) is 6.87. The second kappa shape index (κ2) is 9.59. The number of piperidine rings is 1. The third-order valence-corrected chi connectivity index (χ3v) is 4.95. The highest BCUT2D eigenvalue weighted by Crippen LogP contribution is 2.36. The highest BCUT2D eigenvalue weighted by Gasteiger charge is 2.18. The molecule has 1 aliphatic rings. The normalized spacial score (nSPS) is 14.8. The highest BCUT2D eigenvalue weighted by atomic mass is 16.5. The fraction of sp³-hybridized carbons (Fsp3) is 0.524. The molecule has 7 heteroatoms. The van der Waals surface area contributed by atoms with E-state index in [2.05, 4.69) is 9.88 Å². The molecule has 1 aromatic carbocycles. The number of benzene rings is 1. The fourth-order valence-corrected chi connectivity index (χ4v) is 3.47. The van der Waals surface area contributed by atoms with Gasteiger partial charge in [-0.2, -0.15) is 0 Å². The van der Waals surface area contributed by atoms with Crippen LogP contribution in [0, 0.1) is 0 Å². The van der Waals surface area contributed by atoms with Gasteiger partial charge in [0.1, 0.15) is 11.3 Å². The van der Waals surface area contributed by atoms with Gasteiger partial charge in [0.05, 0.1) is 25.8 Å². The number of fused-ring (bicyclic) bond motifs is 1. The first-order valence-electron chi connectivity index (χ1n) is 9.86. The molecular formula is C21H28N2O5. The van der Waals surface area contributed by atoms with Crippen LogP contribution in [0.3, 0.4) is 0 Å². The molecule has 152 valence electrons. The van der Waals surface area contributed by atoms with Crippen LogP contribution >= 0.6 is 0 Å². The lowest BCUT2D eigenvalue weighted by Gasteiger charge is -2.26. The molecule has 0 unspecified atom stereocenters. The Balaban J connectivity index is 1.72. The molecule has 28 heavy (non-hydrogen) atoms. The number of likely N-dealkylation sites (tertiary alicyclic amines) is 1. The molecule has 0 saturated carbocycles. The standard InChI is InChI=1S/C21H28N2O5/c1-3-27-21(25)16-14-22-17-13-19(18(26-2)12-15(17)20(16)24)28-11-7-10-23-8-5-4-6-9-23/h12-14H,3-11H2,1-2H3,(H,22,24). The summed E-state index contributed by atoms with van der Waals surface area (Å²) in [5.74, 6) is 0.290. The number of rotatable bonds is 8. The zero-order valence-corrected chi connectivity index (χ0v) is 16.6. The van der Waals surface area contributed by atoms with Crippen molar-refractivity contribution in [1.29, 1.82) is 0 Å². The summed E-state index contributed by atoms with van der Waals surface area (Å²) in [5, 5.41) is 10.9. The summed E-state index contributed by atoms with van der Waals surface area (Å²) in [6, 6.07) is 3.37. The molecule has 1 fully saturated rings. The van der Waals surface area contributed by atoms with Gasteiger partial charge in [0.15, 0.2) is 11.5 Å². The number of nitrogens with zero attached hydrogens (tertiary/aromatic N) is 2. The number of aromatic hydroxyl groups is 1. The maximum Gasteiger partial charge on any atom is 0.343 e. The third kappa shape index (κ3) is 4.65. The Kier molecular flexibility index (Phi) is 6.92. The molecule has 0 aliphatic carbocycles. The molecule has 0 atom stereocenters. The largest absolute Gasteiger partial charge is 0.506 e. The van der Waals surface area contributed by atoms with Crippen LogP contribution in [-0.4, -0.2) is 60.9 Å². The van der Waals surface area contributed by atoms with E-state index in [4.69, 9.17) is 14.2 Å². The summed E-state index contributed by atoms with van der Waals surface area (Å²) in [5.41, 5.74) is 0.559. The van der Waals surface area contributed by atoms with Crippen LogP contribution in [0.5, 0.6) is 17.2 Å². The quantitative estimate of drug-likeness (QED) is 0.548. The van der Waals surface area contributed by atoms with Gasteiger partial charge in [-0.3, -0.25) is 4.98 Å². The van der Waals surface area contributed by atoms with Crippen molar-refractivity contribution in [2.75, 3.05) is 40.0 Å². The monoisotopic (exact) mass is 388 g/mol. The lowest BCUT2D eigenvalue weighted by Crippen LogP contribution is -2.31. The Morgan fingerprint density at radius 1 is 1.21 bits per heavy atom. The predicted molar refractivity (Wildman–Crippen MR) is 106 cm³/mol. The van der Waals surface area contributed by atoms with E-state index in [9.17, 15) is 9.90 Å². The first-order chi connectivity index (χ1) is 13.6. The van der Waals surface area contributed by atoms with Gasteiger partial charge >= 0.3 is 5.97 Å². The second-order valence-electron chi connectivity index (χ2n) is 6.87. The van der Waals surface area contributed by atoms with Crippen molar-refractivity contribution in [3.8, 4) is 17.2 Å². The van der Waals surface area contributed by atoms with Crippen molar-refractivity contribution in [2.45, 2.75) is 32.6 Å². The molecule has 0 bridgehead atoms. The van der Waals surface area contributed by atoms with Gasteiger partial charge in [-0.15, -0.1) is 0 Å². The van der Waals surface area contributed by atoms with E-state index < -0.39 is 5.97 Å². The van der Waals surface area contributed by atoms with E-state index in [1.807, 2.05) is 0 Å². The van der Waals surface area contributed by atoms with E-state index in [-0.39, 0.29) is 17.9 Å². The number of methoxy groups -OCH3 is 1. The van der Waals surface area contributed by atoms with Crippen LogP contribution in [-0.2, 0) is 4.74 Å². The van der Waals surface area contributed by atoms with Crippen molar-refractivity contribution in [3.63, 3.8) is 0 Å². The molecular weight excluding hydrogens is 360 g/mol. The fourth-order valence-electron chi connectivity index (χ4n) is 3.47. The first-order valence-corrected chi connectivity index (χ1v) is 9.86. The molecule has 7 nitrogen and oxygen atoms in total. The van der Waals surface area contributed by atoms with Gasteiger partial charge in [-0.05, 0) is 45.3 Å². The van der Waals surface area contributed by atoms with Crippen LogP contribution < -0.4 is 9.47 Å². The van der Waals surface area contributed by atoms with Crippen LogP contribution in [0.4, 0.5) is 0 Å². The zero-order valence-electron chi connectivity index (χ0n) is 16.6. The average molecular weight is 388 g/mol. The molecule has 0 spiro atoms. The SMILES string of the molecule is CCOC(=O)c1cnc2cc(OCCCN3CCCCC3)c(OC)cc2c1O. The van der Waals surface area contributed by atoms with Crippen molar-refractivity contribution in [2.24, 2.45) is 0 Å². The molecule has 2 aromatic rings. The van der Waals surface area contributed by atoms with Gasteiger partial charge in [-0.25, -0.2) is 4.79 Å². The Morgan fingerprint density at radius 3 is 2.71 bits per heavy atom. The van der Waals surface area contributed by atoms with E-state index >= 15 is 0 Å². The number of carbonyl (C=O) groups is 1. The Bertz CT molecular complexity index is 818. The van der Waals surface area contributed by atoms with E-state index in [0.29, 0.717) is 29.0 Å². The number of ether oxygens (including phenoxy) is 3. The molecule has 1 saturated heterocycles. The van der Waals surface area contributed by atoms with Crippen LogP contribution in [0.1, 0.15) is 43.0 Å². The summed E-state index contributed by atoms with van der Waals surface area (Å²) >= 11 is 0. The predicted octanol–water partition coefficient (Wildman–Crippen LogP) is 3.38. The number of carbonyl (C=O) groups excluding carboxylic acids is 1. The van der Waals surface area contributed by atoms with Crippen molar-refractivity contribution >= 4 is 16.9 Å². The summed E-state index contributed by atoms with van der Waals surface area (Å²) in [7, 11) is 1.54. The zero-order chi connectivity index (χ0) is 19.9. The van der Waals surface area contributed by atoms with Crippen LogP contribution in [0.25, 0.3) is 10.9 Å². The Labute approximate surface area is 165 Å². The molecule has 0 amide bonds. The molecule has 1 aliphatic heterocycles.